The molecule has 0 atom stereocenters. The van der Waals surface area contributed by atoms with Crippen molar-refractivity contribution in [1.82, 2.24) is 4.98 Å². The molecule has 0 aliphatic rings. The Morgan fingerprint density at radius 2 is 2.18 bits per heavy atom. The highest BCUT2D eigenvalue weighted by Gasteiger charge is 2.20. The normalized spacial score (nSPS) is 10.6. The summed E-state index contributed by atoms with van der Waals surface area (Å²) >= 11 is 4.77. The van der Waals surface area contributed by atoms with Crippen molar-refractivity contribution in [2.24, 2.45) is 0 Å². The molecule has 2 aromatic rings. The van der Waals surface area contributed by atoms with Gasteiger partial charge in [-0.2, -0.15) is 0 Å². The van der Waals surface area contributed by atoms with Crippen LogP contribution < -0.4 is 4.74 Å². The maximum atomic E-state index is 11.8. The second-order valence-corrected chi connectivity index (χ2v) is 5.69. The molecular weight excluding hydrogens is 306 g/mol. The lowest BCUT2D eigenvalue weighted by atomic mass is 10.1. The van der Waals surface area contributed by atoms with Crippen LogP contribution in [0.15, 0.2) is 9.98 Å². The maximum absolute atomic E-state index is 11.8. The number of benzene rings is 1. The molecule has 0 unspecified atom stereocenters. The van der Waals surface area contributed by atoms with E-state index in [0.717, 1.165) is 14.2 Å². The van der Waals surface area contributed by atoms with Crippen LogP contribution in [0.2, 0.25) is 0 Å². The number of carbonyl (C=O) groups is 1. The second kappa shape index (κ2) is 4.62. The van der Waals surface area contributed by atoms with Crippen LogP contribution >= 0.6 is 27.3 Å². The van der Waals surface area contributed by atoms with E-state index in [0.29, 0.717) is 16.8 Å². The molecule has 90 valence electrons. The highest BCUT2D eigenvalue weighted by atomic mass is 79.9. The zero-order valence-electron chi connectivity index (χ0n) is 9.54. The molecule has 0 bridgehead atoms. The van der Waals surface area contributed by atoms with Gasteiger partial charge in [-0.1, -0.05) is 0 Å². The molecule has 4 nitrogen and oxygen atoms in total. The quantitative estimate of drug-likeness (QED) is 0.799. The molecule has 0 amide bonds. The van der Waals surface area contributed by atoms with E-state index in [2.05, 4.69) is 20.9 Å². The summed E-state index contributed by atoms with van der Waals surface area (Å²) in [5.41, 5.74) is 1.85. The molecule has 0 radical (unpaired) electrons. The lowest BCUT2D eigenvalue weighted by Gasteiger charge is -2.09. The Morgan fingerprint density at radius 1 is 1.47 bits per heavy atom. The van der Waals surface area contributed by atoms with Crippen LogP contribution in [0.3, 0.4) is 0 Å². The number of nitrogens with zero attached hydrogens (tertiary/aromatic N) is 1. The summed E-state index contributed by atoms with van der Waals surface area (Å²) < 4.78 is 11.7. The number of ether oxygens (including phenoxy) is 2. The van der Waals surface area contributed by atoms with Gasteiger partial charge in [0.05, 0.1) is 30.0 Å². The SMILES string of the molecule is COC(=O)c1c(C)c(OC)cc2sc(Br)nc12. The van der Waals surface area contributed by atoms with Crippen LogP contribution in [0.4, 0.5) is 0 Å². The van der Waals surface area contributed by atoms with Gasteiger partial charge in [0.15, 0.2) is 3.92 Å². The van der Waals surface area contributed by atoms with Crippen molar-refractivity contribution in [3.05, 3.63) is 21.1 Å². The third-order valence-electron chi connectivity index (χ3n) is 2.48. The lowest BCUT2D eigenvalue weighted by molar-refractivity contribution is 0.0601. The van der Waals surface area contributed by atoms with Crippen molar-refractivity contribution in [1.29, 1.82) is 0 Å². The van der Waals surface area contributed by atoms with E-state index in [4.69, 9.17) is 9.47 Å². The average Bonchev–Trinajstić information content (AvgIpc) is 2.67. The largest absolute Gasteiger partial charge is 0.496 e. The van der Waals surface area contributed by atoms with Gasteiger partial charge in [0, 0.05) is 5.56 Å². The Morgan fingerprint density at radius 3 is 2.76 bits per heavy atom. The predicted octanol–water partition coefficient (Wildman–Crippen LogP) is 3.16. The average molecular weight is 316 g/mol. The van der Waals surface area contributed by atoms with E-state index in [1.54, 1.807) is 7.11 Å². The Bertz CT molecular complexity index is 594. The van der Waals surface area contributed by atoms with E-state index in [1.807, 2.05) is 13.0 Å². The standard InChI is InChI=1S/C11H10BrNO3S/c1-5-6(15-2)4-7-9(13-11(12)17-7)8(5)10(14)16-3/h4H,1-3H3. The first-order chi connectivity index (χ1) is 8.08. The number of rotatable bonds is 2. The number of halogens is 1. The van der Waals surface area contributed by atoms with E-state index in [9.17, 15) is 4.79 Å². The second-order valence-electron chi connectivity index (χ2n) is 3.38. The van der Waals surface area contributed by atoms with Crippen molar-refractivity contribution in [2.45, 2.75) is 6.92 Å². The maximum Gasteiger partial charge on any atom is 0.340 e. The molecule has 0 aliphatic carbocycles. The Balaban J connectivity index is 2.84. The molecule has 1 heterocycles. The number of esters is 1. The Kier molecular flexibility index (Phi) is 3.35. The molecule has 0 aliphatic heterocycles. The minimum absolute atomic E-state index is 0.399. The van der Waals surface area contributed by atoms with Crippen LogP contribution in [-0.4, -0.2) is 25.2 Å². The molecule has 0 saturated carbocycles. The number of carbonyl (C=O) groups excluding carboxylic acids is 1. The van der Waals surface area contributed by atoms with Crippen molar-refractivity contribution in [2.75, 3.05) is 14.2 Å². The minimum Gasteiger partial charge on any atom is -0.496 e. The molecule has 0 spiro atoms. The third-order valence-corrected chi connectivity index (χ3v) is 3.93. The van der Waals surface area contributed by atoms with Gasteiger partial charge in [-0.05, 0) is 28.9 Å². The molecule has 1 aromatic carbocycles. The molecular formula is C11H10BrNO3S. The molecule has 17 heavy (non-hydrogen) atoms. The van der Waals surface area contributed by atoms with Crippen LogP contribution in [0.5, 0.6) is 5.75 Å². The number of aromatic nitrogens is 1. The van der Waals surface area contributed by atoms with Gasteiger partial charge in [0.2, 0.25) is 0 Å². The first-order valence-corrected chi connectivity index (χ1v) is 6.41. The molecule has 1 aromatic heterocycles. The summed E-state index contributed by atoms with van der Waals surface area (Å²) in [5.74, 6) is 0.262. The van der Waals surface area contributed by atoms with Gasteiger partial charge >= 0.3 is 5.97 Å². The van der Waals surface area contributed by atoms with Gasteiger partial charge in [0.1, 0.15) is 5.75 Å². The van der Waals surface area contributed by atoms with Gasteiger partial charge in [-0.15, -0.1) is 11.3 Å². The fourth-order valence-corrected chi connectivity index (χ4v) is 3.10. The third kappa shape index (κ3) is 2.02. The van der Waals surface area contributed by atoms with Crippen LogP contribution in [0.1, 0.15) is 15.9 Å². The Hall–Kier alpha value is -1.14. The van der Waals surface area contributed by atoms with E-state index in [1.165, 1.54) is 18.4 Å². The predicted molar refractivity (Wildman–Crippen MR) is 69.9 cm³/mol. The Labute approximate surface area is 111 Å². The summed E-state index contributed by atoms with van der Waals surface area (Å²) in [4.78, 5) is 16.1. The molecule has 0 fully saturated rings. The molecule has 2 rings (SSSR count). The summed E-state index contributed by atoms with van der Waals surface area (Å²) in [6, 6.07) is 1.87. The fraction of sp³-hybridized carbons (Fsp3) is 0.273. The number of methoxy groups -OCH3 is 2. The van der Waals surface area contributed by atoms with Crippen molar-refractivity contribution in [3.8, 4) is 5.75 Å². The summed E-state index contributed by atoms with van der Waals surface area (Å²) in [6.45, 7) is 1.82. The summed E-state index contributed by atoms with van der Waals surface area (Å²) in [5, 5.41) is 0. The molecule has 0 N–H and O–H groups in total. The number of thiazole rings is 1. The molecule has 0 saturated heterocycles. The van der Waals surface area contributed by atoms with Crippen LogP contribution in [0.25, 0.3) is 10.2 Å². The van der Waals surface area contributed by atoms with E-state index >= 15 is 0 Å². The zero-order valence-corrected chi connectivity index (χ0v) is 11.9. The van der Waals surface area contributed by atoms with Gasteiger partial charge in [-0.3, -0.25) is 0 Å². The van der Waals surface area contributed by atoms with Gasteiger partial charge < -0.3 is 9.47 Å². The summed E-state index contributed by atoms with van der Waals surface area (Å²) in [6.07, 6.45) is 0. The van der Waals surface area contributed by atoms with Crippen molar-refractivity contribution >= 4 is 43.5 Å². The van der Waals surface area contributed by atoms with E-state index in [-0.39, 0.29) is 0 Å². The smallest absolute Gasteiger partial charge is 0.340 e. The van der Waals surface area contributed by atoms with Crippen LogP contribution in [0, 0.1) is 6.92 Å². The minimum atomic E-state index is -0.399. The first-order valence-electron chi connectivity index (χ1n) is 4.80. The lowest BCUT2D eigenvalue weighted by Crippen LogP contribution is -2.06. The molecule has 6 heteroatoms. The first kappa shape index (κ1) is 12.3. The highest BCUT2D eigenvalue weighted by Crippen LogP contribution is 2.35. The topological polar surface area (TPSA) is 48.4 Å². The number of hydrogen-bond acceptors (Lipinski definition) is 5. The summed E-state index contributed by atoms with van der Waals surface area (Å²) in [7, 11) is 2.93. The number of hydrogen-bond donors (Lipinski definition) is 0. The van der Waals surface area contributed by atoms with Crippen LogP contribution in [-0.2, 0) is 4.74 Å². The number of fused-ring (bicyclic) bond motifs is 1. The van der Waals surface area contributed by atoms with Crippen molar-refractivity contribution in [3.63, 3.8) is 0 Å². The monoisotopic (exact) mass is 315 g/mol. The fourth-order valence-electron chi connectivity index (χ4n) is 1.67. The highest BCUT2D eigenvalue weighted by molar-refractivity contribution is 9.11. The zero-order chi connectivity index (χ0) is 12.6. The van der Waals surface area contributed by atoms with Gasteiger partial charge in [0.25, 0.3) is 0 Å². The van der Waals surface area contributed by atoms with Crippen molar-refractivity contribution < 1.29 is 14.3 Å². The van der Waals surface area contributed by atoms with E-state index < -0.39 is 5.97 Å². The van der Waals surface area contributed by atoms with Gasteiger partial charge in [-0.25, -0.2) is 9.78 Å².